The van der Waals surface area contributed by atoms with Gasteiger partial charge in [0.05, 0.1) is 0 Å². The van der Waals surface area contributed by atoms with Crippen molar-refractivity contribution < 1.29 is 9.59 Å². The third-order valence-electron chi connectivity index (χ3n) is 4.88. The molecule has 1 fully saturated rings. The predicted octanol–water partition coefficient (Wildman–Crippen LogP) is 3.23. The third kappa shape index (κ3) is 5.56. The van der Waals surface area contributed by atoms with E-state index in [1.807, 2.05) is 32.9 Å². The molecule has 4 N–H and O–H groups in total. The lowest BCUT2D eigenvalue weighted by Gasteiger charge is -2.31. The van der Waals surface area contributed by atoms with Crippen molar-refractivity contribution in [3.63, 3.8) is 0 Å². The van der Waals surface area contributed by atoms with Crippen LogP contribution >= 0.6 is 0 Å². The highest BCUT2D eigenvalue weighted by Crippen LogP contribution is 2.24. The quantitative estimate of drug-likeness (QED) is 0.740. The van der Waals surface area contributed by atoms with Crippen LogP contribution in [0.3, 0.4) is 0 Å². The number of benzene rings is 1. The molecule has 2 unspecified atom stereocenters. The molecule has 0 aliphatic heterocycles. The number of amides is 2. The highest BCUT2D eigenvalue weighted by Gasteiger charge is 2.25. The average molecular weight is 345 g/mol. The summed E-state index contributed by atoms with van der Waals surface area (Å²) in [7, 11) is 0. The van der Waals surface area contributed by atoms with Crippen LogP contribution in [0.1, 0.15) is 61.9 Å². The zero-order valence-electron chi connectivity index (χ0n) is 15.6. The third-order valence-corrected chi connectivity index (χ3v) is 4.88. The van der Waals surface area contributed by atoms with Crippen molar-refractivity contribution in [1.82, 2.24) is 5.32 Å². The summed E-state index contributed by atoms with van der Waals surface area (Å²) in [6.07, 6.45) is 4.90. The van der Waals surface area contributed by atoms with E-state index in [-0.39, 0.29) is 17.9 Å². The Morgan fingerprint density at radius 3 is 2.60 bits per heavy atom. The van der Waals surface area contributed by atoms with E-state index >= 15 is 0 Å². The van der Waals surface area contributed by atoms with E-state index in [1.165, 1.54) is 6.42 Å². The maximum absolute atomic E-state index is 12.6. The van der Waals surface area contributed by atoms with Crippen molar-refractivity contribution in [1.29, 1.82) is 0 Å². The van der Waals surface area contributed by atoms with E-state index in [4.69, 9.17) is 5.73 Å². The molecule has 0 heterocycles. The van der Waals surface area contributed by atoms with Gasteiger partial charge in [-0.05, 0) is 61.9 Å². The Bertz CT molecular complexity index is 613. The van der Waals surface area contributed by atoms with E-state index in [0.717, 1.165) is 30.5 Å². The molecule has 2 amide bonds. The standard InChI is InChI=1S/C20H31N3O2/c1-13(2)10-19(24)22-17-9-8-15(11-14(17)3)20(25)23-18-7-5-4-6-16(18)12-21/h8-9,11,13,16,18H,4-7,10,12,21H2,1-3H3,(H,22,24)(H,23,25). The lowest BCUT2D eigenvalue weighted by molar-refractivity contribution is -0.116. The number of anilines is 1. The molecule has 5 heteroatoms. The molecule has 1 saturated carbocycles. The van der Waals surface area contributed by atoms with Crippen LogP contribution in [0.2, 0.25) is 0 Å². The largest absolute Gasteiger partial charge is 0.349 e. The van der Waals surface area contributed by atoms with Crippen LogP contribution in [0.4, 0.5) is 5.69 Å². The SMILES string of the molecule is Cc1cc(C(=O)NC2CCCCC2CN)ccc1NC(=O)CC(C)C. The van der Waals surface area contributed by atoms with Crippen molar-refractivity contribution in [2.75, 3.05) is 11.9 Å². The van der Waals surface area contributed by atoms with Gasteiger partial charge in [0.2, 0.25) is 5.91 Å². The molecule has 0 aromatic heterocycles. The molecule has 1 aliphatic carbocycles. The van der Waals surface area contributed by atoms with Crippen molar-refractivity contribution in [3.05, 3.63) is 29.3 Å². The van der Waals surface area contributed by atoms with Gasteiger partial charge in [-0.2, -0.15) is 0 Å². The molecular formula is C20H31N3O2. The Morgan fingerprint density at radius 1 is 1.24 bits per heavy atom. The van der Waals surface area contributed by atoms with Gasteiger partial charge in [0.25, 0.3) is 5.91 Å². The molecule has 0 spiro atoms. The molecular weight excluding hydrogens is 314 g/mol. The lowest BCUT2D eigenvalue weighted by Crippen LogP contribution is -2.44. The summed E-state index contributed by atoms with van der Waals surface area (Å²) >= 11 is 0. The zero-order valence-corrected chi connectivity index (χ0v) is 15.6. The molecule has 0 radical (unpaired) electrons. The second-order valence-corrected chi connectivity index (χ2v) is 7.54. The van der Waals surface area contributed by atoms with Crippen molar-refractivity contribution >= 4 is 17.5 Å². The highest BCUT2D eigenvalue weighted by molar-refractivity contribution is 5.96. The topological polar surface area (TPSA) is 84.2 Å². The first kappa shape index (κ1) is 19.4. The van der Waals surface area contributed by atoms with E-state index in [0.29, 0.717) is 30.4 Å². The minimum Gasteiger partial charge on any atom is -0.349 e. The Kier molecular flexibility index (Phi) is 7.00. The number of carbonyl (C=O) groups is 2. The van der Waals surface area contributed by atoms with Gasteiger partial charge < -0.3 is 16.4 Å². The van der Waals surface area contributed by atoms with Crippen LogP contribution in [0, 0.1) is 18.8 Å². The normalized spacial score (nSPS) is 20.4. The van der Waals surface area contributed by atoms with E-state index in [2.05, 4.69) is 10.6 Å². The van der Waals surface area contributed by atoms with E-state index in [9.17, 15) is 9.59 Å². The Hall–Kier alpha value is -1.88. The van der Waals surface area contributed by atoms with Crippen molar-refractivity contribution in [2.45, 2.75) is 58.9 Å². The summed E-state index contributed by atoms with van der Waals surface area (Å²) in [6.45, 7) is 6.55. The molecule has 1 aromatic rings. The zero-order chi connectivity index (χ0) is 18.4. The number of hydrogen-bond acceptors (Lipinski definition) is 3. The molecule has 25 heavy (non-hydrogen) atoms. The predicted molar refractivity (Wildman–Crippen MR) is 102 cm³/mol. The summed E-state index contributed by atoms with van der Waals surface area (Å²) in [6, 6.07) is 5.58. The second kappa shape index (κ2) is 8.99. The van der Waals surface area contributed by atoms with Gasteiger partial charge in [0, 0.05) is 23.7 Å². The molecule has 2 atom stereocenters. The maximum Gasteiger partial charge on any atom is 0.251 e. The number of carbonyl (C=O) groups excluding carboxylic acids is 2. The van der Waals surface area contributed by atoms with E-state index < -0.39 is 0 Å². The van der Waals surface area contributed by atoms with Crippen LogP contribution in [0.25, 0.3) is 0 Å². The van der Waals surface area contributed by atoms with Gasteiger partial charge in [-0.25, -0.2) is 0 Å². The summed E-state index contributed by atoms with van der Waals surface area (Å²) in [5, 5.41) is 6.06. The maximum atomic E-state index is 12.6. The van der Waals surface area contributed by atoms with Gasteiger partial charge in [-0.1, -0.05) is 26.7 Å². The van der Waals surface area contributed by atoms with Gasteiger partial charge >= 0.3 is 0 Å². The Labute approximate surface area is 150 Å². The number of hydrogen-bond donors (Lipinski definition) is 3. The van der Waals surface area contributed by atoms with E-state index in [1.54, 1.807) is 6.07 Å². The van der Waals surface area contributed by atoms with Gasteiger partial charge in [0.15, 0.2) is 0 Å². The summed E-state index contributed by atoms with van der Waals surface area (Å²) < 4.78 is 0. The number of nitrogens with one attached hydrogen (secondary N) is 2. The first-order valence-corrected chi connectivity index (χ1v) is 9.32. The minimum absolute atomic E-state index is 0.00305. The molecule has 2 rings (SSSR count). The number of rotatable bonds is 6. The van der Waals surface area contributed by atoms with Gasteiger partial charge in [-0.15, -0.1) is 0 Å². The van der Waals surface area contributed by atoms with Gasteiger partial charge in [-0.3, -0.25) is 9.59 Å². The Balaban J connectivity index is 2.01. The fourth-order valence-electron chi connectivity index (χ4n) is 3.45. The molecule has 1 aromatic carbocycles. The summed E-state index contributed by atoms with van der Waals surface area (Å²) in [5.74, 6) is 0.626. The molecule has 0 bridgehead atoms. The monoisotopic (exact) mass is 345 g/mol. The van der Waals surface area contributed by atoms with Crippen LogP contribution in [-0.2, 0) is 4.79 Å². The van der Waals surface area contributed by atoms with Crippen molar-refractivity contribution in [3.8, 4) is 0 Å². The average Bonchev–Trinajstić information content (AvgIpc) is 2.56. The molecule has 138 valence electrons. The van der Waals surface area contributed by atoms with Crippen LogP contribution in [-0.4, -0.2) is 24.4 Å². The highest BCUT2D eigenvalue weighted by atomic mass is 16.2. The number of aryl methyl sites for hydroxylation is 1. The van der Waals surface area contributed by atoms with Crippen molar-refractivity contribution in [2.24, 2.45) is 17.6 Å². The minimum atomic E-state index is -0.0616. The molecule has 1 aliphatic rings. The van der Waals surface area contributed by atoms with Crippen LogP contribution < -0.4 is 16.4 Å². The molecule has 0 saturated heterocycles. The first-order chi connectivity index (χ1) is 11.9. The van der Waals surface area contributed by atoms with Crippen LogP contribution in [0.15, 0.2) is 18.2 Å². The smallest absolute Gasteiger partial charge is 0.251 e. The lowest BCUT2D eigenvalue weighted by atomic mass is 9.84. The molecule has 5 nitrogen and oxygen atoms in total. The first-order valence-electron chi connectivity index (χ1n) is 9.32. The number of nitrogens with two attached hydrogens (primary N) is 1. The Morgan fingerprint density at radius 2 is 1.96 bits per heavy atom. The fourth-order valence-corrected chi connectivity index (χ4v) is 3.45. The summed E-state index contributed by atoms with van der Waals surface area (Å²) in [4.78, 5) is 24.5. The second-order valence-electron chi connectivity index (χ2n) is 7.54. The summed E-state index contributed by atoms with van der Waals surface area (Å²) in [5.41, 5.74) is 8.12. The van der Waals surface area contributed by atoms with Crippen LogP contribution in [0.5, 0.6) is 0 Å². The fraction of sp³-hybridized carbons (Fsp3) is 0.600. The van der Waals surface area contributed by atoms with Gasteiger partial charge in [0.1, 0.15) is 0 Å².